The Labute approximate surface area is 104 Å². The first-order chi connectivity index (χ1) is 8.40. The number of amides is 3. The first-order valence-electron chi connectivity index (χ1n) is 5.55. The maximum Gasteiger partial charge on any atom is 0.273 e. The van der Waals surface area contributed by atoms with Crippen LogP contribution >= 0.6 is 0 Å². The molecule has 1 aromatic heterocycles. The molecule has 18 heavy (non-hydrogen) atoms. The molecule has 1 aromatic rings. The molecular weight excluding hydrogens is 236 g/mol. The zero-order chi connectivity index (χ0) is 13.4. The molecule has 1 aliphatic rings. The summed E-state index contributed by atoms with van der Waals surface area (Å²) in [4.78, 5) is 36.3. The van der Waals surface area contributed by atoms with Crippen molar-refractivity contribution in [3.8, 4) is 0 Å². The van der Waals surface area contributed by atoms with Crippen LogP contribution in [0.4, 0.5) is 0 Å². The Morgan fingerprint density at radius 1 is 1.50 bits per heavy atom. The molecule has 0 radical (unpaired) electrons. The molecule has 3 amide bonds. The fourth-order valence-corrected chi connectivity index (χ4v) is 1.92. The van der Waals surface area contributed by atoms with Crippen LogP contribution in [-0.2, 0) is 16.6 Å². The predicted molar refractivity (Wildman–Crippen MR) is 61.6 cm³/mol. The summed E-state index contributed by atoms with van der Waals surface area (Å²) in [5.41, 5.74) is 1.07. The van der Waals surface area contributed by atoms with Crippen molar-refractivity contribution in [3.63, 3.8) is 0 Å². The minimum absolute atomic E-state index is 0.115. The van der Waals surface area contributed by atoms with Crippen LogP contribution in [0.15, 0.2) is 6.07 Å². The van der Waals surface area contributed by atoms with E-state index in [1.165, 1.54) is 9.58 Å². The van der Waals surface area contributed by atoms with Gasteiger partial charge < -0.3 is 4.90 Å². The molecule has 1 fully saturated rings. The van der Waals surface area contributed by atoms with Crippen LogP contribution in [0, 0.1) is 6.92 Å². The van der Waals surface area contributed by atoms with Gasteiger partial charge in [0, 0.05) is 7.05 Å². The zero-order valence-corrected chi connectivity index (χ0v) is 10.4. The van der Waals surface area contributed by atoms with Crippen LogP contribution in [0.3, 0.4) is 0 Å². The minimum Gasteiger partial charge on any atom is -0.316 e. The summed E-state index contributed by atoms with van der Waals surface area (Å²) in [6.45, 7) is 3.24. The zero-order valence-electron chi connectivity index (χ0n) is 10.4. The van der Waals surface area contributed by atoms with Crippen LogP contribution in [-0.4, -0.2) is 45.0 Å². The molecule has 1 N–H and O–H groups in total. The van der Waals surface area contributed by atoms with Crippen molar-refractivity contribution in [2.24, 2.45) is 7.05 Å². The Morgan fingerprint density at radius 2 is 2.17 bits per heavy atom. The number of aromatic nitrogens is 2. The van der Waals surface area contributed by atoms with Gasteiger partial charge in [-0.1, -0.05) is 0 Å². The summed E-state index contributed by atoms with van der Waals surface area (Å²) >= 11 is 0. The van der Waals surface area contributed by atoms with Crippen molar-refractivity contribution in [2.75, 3.05) is 6.54 Å². The lowest BCUT2D eigenvalue weighted by molar-refractivity contribution is -0.138. The second-order valence-electron chi connectivity index (χ2n) is 4.32. The lowest BCUT2D eigenvalue weighted by Gasteiger charge is -2.31. The highest BCUT2D eigenvalue weighted by molar-refractivity contribution is 6.06. The number of rotatable bonds is 1. The predicted octanol–water partition coefficient (Wildman–Crippen LogP) is -0.784. The molecule has 1 aliphatic heterocycles. The van der Waals surface area contributed by atoms with Gasteiger partial charge in [0.05, 0.1) is 5.69 Å². The van der Waals surface area contributed by atoms with E-state index in [1.54, 1.807) is 27.0 Å². The molecule has 7 heteroatoms. The van der Waals surface area contributed by atoms with Crippen molar-refractivity contribution in [1.82, 2.24) is 20.0 Å². The largest absolute Gasteiger partial charge is 0.316 e. The number of piperazine rings is 1. The average molecular weight is 250 g/mol. The monoisotopic (exact) mass is 250 g/mol. The first-order valence-corrected chi connectivity index (χ1v) is 5.55. The Bertz CT molecular complexity index is 534. The third kappa shape index (κ3) is 1.99. The number of carbonyl (C=O) groups is 3. The van der Waals surface area contributed by atoms with Gasteiger partial charge in [-0.05, 0) is 19.9 Å². The van der Waals surface area contributed by atoms with Crippen molar-refractivity contribution >= 4 is 17.7 Å². The van der Waals surface area contributed by atoms with Gasteiger partial charge in [-0.15, -0.1) is 0 Å². The standard InChI is InChI=1S/C11H14N4O3/c1-6-4-8(14(3)13-6)11(18)15-5-9(16)12-10(17)7(15)2/h4,7H,5H2,1-3H3,(H,12,16,17). The molecule has 96 valence electrons. The number of nitrogens with one attached hydrogen (secondary N) is 1. The second kappa shape index (κ2) is 4.25. The van der Waals surface area contributed by atoms with Gasteiger partial charge in [0.15, 0.2) is 0 Å². The van der Waals surface area contributed by atoms with E-state index in [2.05, 4.69) is 10.4 Å². The van der Waals surface area contributed by atoms with Crippen molar-refractivity contribution < 1.29 is 14.4 Å². The molecule has 0 aromatic carbocycles. The topological polar surface area (TPSA) is 84.3 Å². The summed E-state index contributed by atoms with van der Waals surface area (Å²) in [5, 5.41) is 6.26. The third-order valence-electron chi connectivity index (χ3n) is 2.91. The quantitative estimate of drug-likeness (QED) is 0.662. The van der Waals surface area contributed by atoms with Gasteiger partial charge in [0.1, 0.15) is 18.3 Å². The number of imide groups is 1. The fraction of sp³-hybridized carbons (Fsp3) is 0.455. The normalized spacial score (nSPS) is 19.9. The van der Waals surface area contributed by atoms with Gasteiger partial charge in [-0.2, -0.15) is 5.10 Å². The van der Waals surface area contributed by atoms with E-state index in [0.717, 1.165) is 0 Å². The van der Waals surface area contributed by atoms with E-state index < -0.39 is 17.9 Å². The maximum atomic E-state index is 12.3. The van der Waals surface area contributed by atoms with Crippen molar-refractivity contribution in [3.05, 3.63) is 17.5 Å². The van der Waals surface area contributed by atoms with Crippen molar-refractivity contribution in [1.29, 1.82) is 0 Å². The van der Waals surface area contributed by atoms with E-state index in [9.17, 15) is 14.4 Å². The molecule has 2 rings (SSSR count). The molecular formula is C11H14N4O3. The van der Waals surface area contributed by atoms with Crippen LogP contribution < -0.4 is 5.32 Å². The van der Waals surface area contributed by atoms with Gasteiger partial charge in [-0.3, -0.25) is 24.4 Å². The van der Waals surface area contributed by atoms with E-state index in [1.807, 2.05) is 0 Å². The SMILES string of the molecule is Cc1cc(C(=O)N2CC(=O)NC(=O)C2C)n(C)n1. The summed E-state index contributed by atoms with van der Waals surface area (Å²) < 4.78 is 1.45. The van der Waals surface area contributed by atoms with Gasteiger partial charge >= 0.3 is 0 Å². The van der Waals surface area contributed by atoms with Gasteiger partial charge in [-0.25, -0.2) is 0 Å². The Kier molecular flexibility index (Phi) is 2.90. The van der Waals surface area contributed by atoms with E-state index in [0.29, 0.717) is 11.4 Å². The van der Waals surface area contributed by atoms with E-state index >= 15 is 0 Å². The molecule has 1 unspecified atom stereocenters. The van der Waals surface area contributed by atoms with Gasteiger partial charge in [0.2, 0.25) is 11.8 Å². The summed E-state index contributed by atoms with van der Waals surface area (Å²) in [6, 6.07) is 0.969. The highest BCUT2D eigenvalue weighted by Gasteiger charge is 2.34. The van der Waals surface area contributed by atoms with Gasteiger partial charge in [0.25, 0.3) is 5.91 Å². The molecule has 0 bridgehead atoms. The molecule has 2 heterocycles. The van der Waals surface area contributed by atoms with Crippen LogP contribution in [0.1, 0.15) is 23.1 Å². The highest BCUT2D eigenvalue weighted by atomic mass is 16.2. The van der Waals surface area contributed by atoms with Crippen molar-refractivity contribution in [2.45, 2.75) is 19.9 Å². The molecule has 0 spiro atoms. The van der Waals surface area contributed by atoms with Crippen LogP contribution in [0.2, 0.25) is 0 Å². The molecule has 1 saturated heterocycles. The molecule has 0 aliphatic carbocycles. The van der Waals surface area contributed by atoms with Crippen LogP contribution in [0.5, 0.6) is 0 Å². The molecule has 0 saturated carbocycles. The number of hydrogen-bond acceptors (Lipinski definition) is 4. The van der Waals surface area contributed by atoms with E-state index in [4.69, 9.17) is 0 Å². The Morgan fingerprint density at radius 3 is 2.72 bits per heavy atom. The third-order valence-corrected chi connectivity index (χ3v) is 2.91. The number of carbonyl (C=O) groups excluding carboxylic acids is 3. The Hall–Kier alpha value is -2.18. The number of hydrogen-bond donors (Lipinski definition) is 1. The highest BCUT2D eigenvalue weighted by Crippen LogP contribution is 2.12. The van der Waals surface area contributed by atoms with Crippen LogP contribution in [0.25, 0.3) is 0 Å². The fourth-order valence-electron chi connectivity index (χ4n) is 1.92. The summed E-state index contributed by atoms with van der Waals surface area (Å²) in [5.74, 6) is -1.29. The molecule has 7 nitrogen and oxygen atoms in total. The number of nitrogens with zero attached hydrogens (tertiary/aromatic N) is 3. The second-order valence-corrected chi connectivity index (χ2v) is 4.32. The summed E-state index contributed by atoms with van der Waals surface area (Å²) in [7, 11) is 1.65. The summed E-state index contributed by atoms with van der Waals surface area (Å²) in [6.07, 6.45) is 0. The lowest BCUT2D eigenvalue weighted by atomic mass is 10.2. The first kappa shape index (κ1) is 12.3. The average Bonchev–Trinajstić information content (AvgIpc) is 2.62. The van der Waals surface area contributed by atoms with E-state index in [-0.39, 0.29) is 12.5 Å². The smallest absolute Gasteiger partial charge is 0.273 e. The Balaban J connectivity index is 2.30. The minimum atomic E-state index is -0.662. The lowest BCUT2D eigenvalue weighted by Crippen LogP contribution is -2.58. The maximum absolute atomic E-state index is 12.3. The number of aryl methyl sites for hydroxylation is 2. The molecule has 1 atom stereocenters.